The van der Waals surface area contributed by atoms with Crippen LogP contribution in [-0.2, 0) is 6.54 Å². The molecule has 8 heteroatoms. The first-order valence-electron chi connectivity index (χ1n) is 7.62. The first-order chi connectivity index (χ1) is 12.2. The molecule has 25 heavy (non-hydrogen) atoms. The van der Waals surface area contributed by atoms with Crippen molar-refractivity contribution in [2.24, 2.45) is 0 Å². The van der Waals surface area contributed by atoms with Gasteiger partial charge in [0, 0.05) is 18.0 Å². The lowest BCUT2D eigenvalue weighted by atomic mass is 10.1. The Balaban J connectivity index is 1.57. The highest BCUT2D eigenvalue weighted by Crippen LogP contribution is 2.31. The second kappa shape index (κ2) is 6.48. The average Bonchev–Trinajstić information content (AvgIpc) is 3.02. The summed E-state index contributed by atoms with van der Waals surface area (Å²) in [6, 6.07) is 8.67. The van der Waals surface area contributed by atoms with Crippen LogP contribution in [0.5, 0.6) is 11.5 Å². The number of hydrogen-bond acceptors (Lipinski definition) is 7. The standard InChI is InChI=1S/C17H13N3O4S/c21-13(11-3-4-14-15(8-11)23-7-6-22-14)10-20-17(25)24-16(19-20)12-2-1-5-18-9-12/h1-5,8-9H,6-7,10H2. The number of hydrogen-bond donors (Lipinski definition) is 0. The Bertz CT molecular complexity index is 981. The molecule has 126 valence electrons. The number of aromatic nitrogens is 3. The van der Waals surface area contributed by atoms with Crippen molar-refractivity contribution in [2.75, 3.05) is 13.2 Å². The van der Waals surface area contributed by atoms with Gasteiger partial charge in [0.1, 0.15) is 19.8 Å². The third kappa shape index (κ3) is 3.16. The Morgan fingerprint density at radius 2 is 2.04 bits per heavy atom. The molecule has 3 heterocycles. The fraction of sp³-hybridized carbons (Fsp3) is 0.176. The van der Waals surface area contributed by atoms with Crippen LogP contribution in [0.25, 0.3) is 11.5 Å². The van der Waals surface area contributed by atoms with Crippen LogP contribution in [-0.4, -0.2) is 33.8 Å². The number of ketones is 1. The maximum absolute atomic E-state index is 12.5. The number of nitrogens with zero attached hydrogens (tertiary/aromatic N) is 3. The van der Waals surface area contributed by atoms with E-state index < -0.39 is 0 Å². The Morgan fingerprint density at radius 3 is 2.84 bits per heavy atom. The Hall–Kier alpha value is -3.00. The highest BCUT2D eigenvalue weighted by molar-refractivity contribution is 7.71. The van der Waals surface area contributed by atoms with Crippen LogP contribution in [0.4, 0.5) is 0 Å². The van der Waals surface area contributed by atoms with E-state index in [0.717, 1.165) is 0 Å². The number of Topliss-reactive ketones (excluding diaryl/α,β-unsaturated/α-hetero) is 1. The van der Waals surface area contributed by atoms with Gasteiger partial charge in [0.2, 0.25) is 5.89 Å². The molecule has 0 amide bonds. The number of carbonyl (C=O) groups excluding carboxylic acids is 1. The van der Waals surface area contributed by atoms with E-state index in [-0.39, 0.29) is 17.2 Å². The second-order valence-corrected chi connectivity index (χ2v) is 5.70. The number of benzene rings is 1. The highest BCUT2D eigenvalue weighted by Gasteiger charge is 2.17. The van der Waals surface area contributed by atoms with E-state index in [1.807, 2.05) is 0 Å². The molecule has 0 bridgehead atoms. The van der Waals surface area contributed by atoms with Crippen LogP contribution in [0.15, 0.2) is 47.1 Å². The predicted molar refractivity (Wildman–Crippen MR) is 90.3 cm³/mol. The van der Waals surface area contributed by atoms with E-state index in [9.17, 15) is 4.79 Å². The molecule has 4 rings (SSSR count). The lowest BCUT2D eigenvalue weighted by Gasteiger charge is -2.18. The molecule has 1 aliphatic rings. The molecular weight excluding hydrogens is 342 g/mol. The van der Waals surface area contributed by atoms with E-state index in [1.54, 1.807) is 42.7 Å². The highest BCUT2D eigenvalue weighted by atomic mass is 32.1. The summed E-state index contributed by atoms with van der Waals surface area (Å²) in [5.41, 5.74) is 1.19. The Labute approximate surface area is 147 Å². The van der Waals surface area contributed by atoms with E-state index in [0.29, 0.717) is 41.7 Å². The van der Waals surface area contributed by atoms with Gasteiger partial charge in [-0.3, -0.25) is 9.78 Å². The van der Waals surface area contributed by atoms with Gasteiger partial charge in [-0.2, -0.15) is 0 Å². The van der Waals surface area contributed by atoms with Gasteiger partial charge in [0.15, 0.2) is 17.3 Å². The second-order valence-electron chi connectivity index (χ2n) is 5.35. The predicted octanol–water partition coefficient (Wildman–Crippen LogP) is 2.92. The third-order valence-corrected chi connectivity index (χ3v) is 3.97. The smallest absolute Gasteiger partial charge is 0.287 e. The van der Waals surface area contributed by atoms with Crippen molar-refractivity contribution in [1.82, 2.24) is 14.8 Å². The van der Waals surface area contributed by atoms with E-state index in [1.165, 1.54) is 4.68 Å². The zero-order chi connectivity index (χ0) is 17.2. The maximum atomic E-state index is 12.5. The minimum atomic E-state index is -0.154. The van der Waals surface area contributed by atoms with Gasteiger partial charge in [0.25, 0.3) is 4.84 Å². The molecule has 7 nitrogen and oxygen atoms in total. The van der Waals surface area contributed by atoms with Gasteiger partial charge < -0.3 is 13.9 Å². The molecule has 0 spiro atoms. The minimum absolute atomic E-state index is 0.0256. The van der Waals surface area contributed by atoms with Gasteiger partial charge in [-0.05, 0) is 42.5 Å². The maximum Gasteiger partial charge on any atom is 0.287 e. The summed E-state index contributed by atoms with van der Waals surface area (Å²) < 4.78 is 17.8. The van der Waals surface area contributed by atoms with Crippen molar-refractivity contribution in [3.05, 3.63) is 53.1 Å². The molecule has 0 radical (unpaired) electrons. The van der Waals surface area contributed by atoms with Crippen LogP contribution < -0.4 is 9.47 Å². The Kier molecular flexibility index (Phi) is 4.02. The molecule has 3 aromatic rings. The molecular formula is C17H13N3O4S. The molecule has 0 unspecified atom stereocenters. The molecule has 0 aliphatic carbocycles. The van der Waals surface area contributed by atoms with Crippen molar-refractivity contribution in [2.45, 2.75) is 6.54 Å². The number of ether oxygens (including phenoxy) is 2. The average molecular weight is 355 g/mol. The van der Waals surface area contributed by atoms with E-state index in [4.69, 9.17) is 26.1 Å². The van der Waals surface area contributed by atoms with Gasteiger partial charge in [-0.25, -0.2) is 4.68 Å². The summed E-state index contributed by atoms with van der Waals surface area (Å²) in [6.45, 7) is 0.946. The van der Waals surface area contributed by atoms with Crippen LogP contribution in [0.2, 0.25) is 0 Å². The summed E-state index contributed by atoms with van der Waals surface area (Å²) in [4.78, 5) is 16.7. The fourth-order valence-corrected chi connectivity index (χ4v) is 2.64. The summed E-state index contributed by atoms with van der Waals surface area (Å²) in [5, 5.41) is 4.26. The van der Waals surface area contributed by atoms with Crippen LogP contribution in [0.3, 0.4) is 0 Å². The normalized spacial score (nSPS) is 12.8. The molecule has 0 atom stereocenters. The minimum Gasteiger partial charge on any atom is -0.486 e. The summed E-state index contributed by atoms with van der Waals surface area (Å²) in [7, 11) is 0. The third-order valence-electron chi connectivity index (χ3n) is 3.67. The SMILES string of the molecule is O=C(Cn1nc(-c2cccnc2)oc1=S)c1ccc2c(c1)OCCO2. The molecule has 0 saturated carbocycles. The van der Waals surface area contributed by atoms with Crippen molar-refractivity contribution in [3.63, 3.8) is 0 Å². The zero-order valence-corrected chi connectivity index (χ0v) is 13.9. The summed E-state index contributed by atoms with van der Waals surface area (Å²) >= 11 is 5.15. The van der Waals surface area contributed by atoms with Crippen molar-refractivity contribution in [3.8, 4) is 23.0 Å². The number of pyridine rings is 1. The lowest BCUT2D eigenvalue weighted by molar-refractivity contribution is 0.0964. The van der Waals surface area contributed by atoms with Gasteiger partial charge in [-0.15, -0.1) is 5.10 Å². The first-order valence-corrected chi connectivity index (χ1v) is 8.03. The molecule has 0 fully saturated rings. The van der Waals surface area contributed by atoms with E-state index in [2.05, 4.69) is 10.1 Å². The summed E-state index contributed by atoms with van der Waals surface area (Å²) in [5.74, 6) is 1.38. The van der Waals surface area contributed by atoms with Crippen molar-refractivity contribution < 1.29 is 18.7 Å². The van der Waals surface area contributed by atoms with Crippen LogP contribution >= 0.6 is 12.2 Å². The molecule has 1 aliphatic heterocycles. The van der Waals surface area contributed by atoms with Crippen LogP contribution in [0.1, 0.15) is 10.4 Å². The van der Waals surface area contributed by atoms with E-state index >= 15 is 0 Å². The Morgan fingerprint density at radius 1 is 1.20 bits per heavy atom. The number of rotatable bonds is 4. The van der Waals surface area contributed by atoms with Crippen molar-refractivity contribution in [1.29, 1.82) is 0 Å². The molecule has 1 aromatic carbocycles. The topological polar surface area (TPSA) is 79.4 Å². The van der Waals surface area contributed by atoms with Gasteiger partial charge >= 0.3 is 0 Å². The first kappa shape index (κ1) is 15.5. The largest absolute Gasteiger partial charge is 0.486 e. The number of carbonyl (C=O) groups is 1. The summed E-state index contributed by atoms with van der Waals surface area (Å²) in [6.07, 6.45) is 3.27. The zero-order valence-electron chi connectivity index (χ0n) is 13.0. The monoisotopic (exact) mass is 355 g/mol. The van der Waals surface area contributed by atoms with Gasteiger partial charge in [0.05, 0.1) is 5.56 Å². The van der Waals surface area contributed by atoms with Crippen molar-refractivity contribution >= 4 is 18.0 Å². The number of fused-ring (bicyclic) bond motifs is 1. The molecule has 0 saturated heterocycles. The lowest BCUT2D eigenvalue weighted by Crippen LogP contribution is -2.17. The van der Waals surface area contributed by atoms with Gasteiger partial charge in [-0.1, -0.05) is 0 Å². The fourth-order valence-electron chi connectivity index (χ4n) is 2.46. The molecule has 0 N–H and O–H groups in total. The van der Waals surface area contributed by atoms with Crippen LogP contribution in [0, 0.1) is 4.84 Å². The molecule has 2 aromatic heterocycles. The quantitative estimate of drug-likeness (QED) is 0.526.